The molecule has 11 heteroatoms. The summed E-state index contributed by atoms with van der Waals surface area (Å²) >= 11 is 0. The van der Waals surface area contributed by atoms with Gasteiger partial charge in [-0.05, 0) is 60.2 Å². The fraction of sp³-hybridized carbons (Fsp3) is 0.154. The number of nitrogens with one attached hydrogen (secondary N) is 1. The fourth-order valence-electron chi connectivity index (χ4n) is 3.64. The lowest BCUT2D eigenvalue weighted by Crippen LogP contribution is -2.23. The number of carbonyl (C=O) groups excluding carboxylic acids is 1. The van der Waals surface area contributed by atoms with E-state index in [1.165, 1.54) is 35.0 Å². The summed E-state index contributed by atoms with van der Waals surface area (Å²) in [5.41, 5.74) is 2.03. The number of amides is 1. The van der Waals surface area contributed by atoms with Gasteiger partial charge in [-0.25, -0.2) is 17.9 Å². The molecule has 0 atom stereocenters. The minimum absolute atomic E-state index is 0.00420. The Balaban J connectivity index is 1.51. The van der Waals surface area contributed by atoms with Gasteiger partial charge >= 0.3 is 6.36 Å². The molecule has 0 fully saturated rings. The Kier molecular flexibility index (Phi) is 7.51. The van der Waals surface area contributed by atoms with Crippen LogP contribution in [0.2, 0.25) is 0 Å². The second-order valence-corrected chi connectivity index (χ2v) is 8.04. The van der Waals surface area contributed by atoms with E-state index in [9.17, 15) is 31.1 Å². The van der Waals surface area contributed by atoms with E-state index in [2.05, 4.69) is 15.2 Å². The summed E-state index contributed by atoms with van der Waals surface area (Å²) in [5, 5.41) is 7.03. The molecule has 0 spiro atoms. The van der Waals surface area contributed by atoms with Crippen LogP contribution in [0.4, 0.5) is 26.3 Å². The third-order valence-electron chi connectivity index (χ3n) is 5.22. The standard InChI is InChI=1S/C26H19F6N3O2/c27-18-3-1-2-17(12-18)24-14-21(4-9-25(36)33-15-16-10-19(28)13-20(29)11-16)34-35(24)22-5-7-23(8-6-22)37-26(30,31)32/h1-3,5-8,10-14H,4,9,15H2,(H,33,36). The van der Waals surface area contributed by atoms with Crippen LogP contribution in [-0.4, -0.2) is 22.1 Å². The number of rotatable bonds is 8. The first kappa shape index (κ1) is 25.8. The van der Waals surface area contributed by atoms with Gasteiger partial charge in [-0.15, -0.1) is 13.2 Å². The molecular formula is C26H19F6N3O2. The van der Waals surface area contributed by atoms with Gasteiger partial charge in [0, 0.05) is 31.0 Å². The Morgan fingerprint density at radius 1 is 0.892 bits per heavy atom. The highest BCUT2D eigenvalue weighted by Gasteiger charge is 2.31. The molecule has 1 heterocycles. The van der Waals surface area contributed by atoms with Gasteiger partial charge in [0.05, 0.1) is 17.1 Å². The van der Waals surface area contributed by atoms with Crippen LogP contribution in [0.3, 0.4) is 0 Å². The number of alkyl halides is 3. The third-order valence-corrected chi connectivity index (χ3v) is 5.22. The number of halogens is 6. The molecule has 37 heavy (non-hydrogen) atoms. The average Bonchev–Trinajstić information content (AvgIpc) is 3.25. The SMILES string of the molecule is O=C(CCc1cc(-c2cccc(F)c2)n(-c2ccc(OC(F)(F)F)cc2)n1)NCc1cc(F)cc(F)c1. The van der Waals surface area contributed by atoms with E-state index in [1.807, 2.05) is 0 Å². The predicted octanol–water partition coefficient (Wildman–Crippen LogP) is 6.10. The average molecular weight is 519 g/mol. The molecule has 0 radical (unpaired) electrons. The van der Waals surface area contributed by atoms with Gasteiger partial charge in [0.25, 0.3) is 0 Å². The van der Waals surface area contributed by atoms with Crippen LogP contribution >= 0.6 is 0 Å². The normalized spacial score (nSPS) is 11.4. The number of nitrogens with zero attached hydrogens (tertiary/aromatic N) is 2. The summed E-state index contributed by atoms with van der Waals surface area (Å²) in [7, 11) is 0. The van der Waals surface area contributed by atoms with Gasteiger partial charge < -0.3 is 10.1 Å². The summed E-state index contributed by atoms with van der Waals surface area (Å²) in [6.45, 7) is -0.0666. The molecule has 0 saturated heterocycles. The van der Waals surface area contributed by atoms with Crippen molar-refractivity contribution in [2.45, 2.75) is 25.7 Å². The Bertz CT molecular complexity index is 1380. The van der Waals surface area contributed by atoms with Crippen LogP contribution in [0, 0.1) is 17.5 Å². The van der Waals surface area contributed by atoms with Crippen LogP contribution in [0.15, 0.2) is 72.8 Å². The summed E-state index contributed by atoms with van der Waals surface area (Å²) in [4.78, 5) is 12.3. The quantitative estimate of drug-likeness (QED) is 0.286. The van der Waals surface area contributed by atoms with Crippen LogP contribution < -0.4 is 10.1 Å². The van der Waals surface area contributed by atoms with Crippen molar-refractivity contribution in [3.63, 3.8) is 0 Å². The number of aromatic nitrogens is 2. The molecule has 0 unspecified atom stereocenters. The van der Waals surface area contributed by atoms with Crippen molar-refractivity contribution < 1.29 is 35.9 Å². The molecule has 0 saturated carbocycles. The monoisotopic (exact) mass is 519 g/mol. The van der Waals surface area contributed by atoms with Crippen molar-refractivity contribution in [2.24, 2.45) is 0 Å². The first-order valence-corrected chi connectivity index (χ1v) is 11.0. The second kappa shape index (κ2) is 10.8. The number of aryl methyl sites for hydroxylation is 1. The first-order chi connectivity index (χ1) is 17.6. The first-order valence-electron chi connectivity index (χ1n) is 11.0. The molecule has 1 N–H and O–H groups in total. The van der Waals surface area contributed by atoms with E-state index in [4.69, 9.17) is 0 Å². The zero-order valence-electron chi connectivity index (χ0n) is 19.0. The maximum absolute atomic E-state index is 13.9. The molecule has 192 valence electrons. The van der Waals surface area contributed by atoms with E-state index in [0.717, 1.165) is 30.3 Å². The lowest BCUT2D eigenvalue weighted by molar-refractivity contribution is -0.274. The zero-order chi connectivity index (χ0) is 26.6. The number of hydrogen-bond donors (Lipinski definition) is 1. The van der Waals surface area contributed by atoms with Gasteiger partial charge in [-0.3, -0.25) is 4.79 Å². The summed E-state index contributed by atoms with van der Waals surface area (Å²) < 4.78 is 83.3. The number of carbonyl (C=O) groups is 1. The molecule has 3 aromatic carbocycles. The van der Waals surface area contributed by atoms with Gasteiger partial charge in [-0.2, -0.15) is 5.10 Å². The van der Waals surface area contributed by atoms with Crippen molar-refractivity contribution in [3.8, 4) is 22.7 Å². The smallest absolute Gasteiger partial charge is 0.406 e. The van der Waals surface area contributed by atoms with E-state index in [1.54, 1.807) is 12.1 Å². The van der Waals surface area contributed by atoms with Gasteiger partial charge in [0.15, 0.2) is 0 Å². The topological polar surface area (TPSA) is 56.2 Å². The van der Waals surface area contributed by atoms with E-state index in [0.29, 0.717) is 22.6 Å². The maximum atomic E-state index is 13.9. The minimum Gasteiger partial charge on any atom is -0.406 e. The Morgan fingerprint density at radius 2 is 1.59 bits per heavy atom. The molecule has 0 aliphatic rings. The van der Waals surface area contributed by atoms with Crippen LogP contribution in [0.5, 0.6) is 5.75 Å². The molecule has 0 aliphatic carbocycles. The van der Waals surface area contributed by atoms with Crippen molar-refractivity contribution in [1.29, 1.82) is 0 Å². The largest absolute Gasteiger partial charge is 0.573 e. The van der Waals surface area contributed by atoms with E-state index < -0.39 is 29.6 Å². The molecule has 1 aromatic heterocycles. The van der Waals surface area contributed by atoms with E-state index in [-0.39, 0.29) is 30.9 Å². The summed E-state index contributed by atoms with van der Waals surface area (Å²) in [6, 6.07) is 15.3. The minimum atomic E-state index is -4.84. The Labute approximate surface area is 207 Å². The van der Waals surface area contributed by atoms with Crippen molar-refractivity contribution in [2.75, 3.05) is 0 Å². The van der Waals surface area contributed by atoms with Crippen LogP contribution in [0.1, 0.15) is 17.7 Å². The van der Waals surface area contributed by atoms with Gasteiger partial charge in [-0.1, -0.05) is 12.1 Å². The highest BCUT2D eigenvalue weighted by atomic mass is 19.4. The zero-order valence-corrected chi connectivity index (χ0v) is 19.0. The molecule has 1 amide bonds. The molecule has 0 aliphatic heterocycles. The maximum Gasteiger partial charge on any atom is 0.573 e. The van der Waals surface area contributed by atoms with Crippen molar-refractivity contribution in [3.05, 3.63) is 102 Å². The molecule has 0 bridgehead atoms. The summed E-state index contributed by atoms with van der Waals surface area (Å²) in [5.74, 6) is -2.80. The molecule has 4 aromatic rings. The Hall–Kier alpha value is -4.28. The lowest BCUT2D eigenvalue weighted by atomic mass is 10.1. The van der Waals surface area contributed by atoms with Gasteiger partial charge in [0.2, 0.25) is 5.91 Å². The van der Waals surface area contributed by atoms with Crippen LogP contribution in [-0.2, 0) is 17.8 Å². The van der Waals surface area contributed by atoms with Gasteiger partial charge in [0.1, 0.15) is 23.2 Å². The highest BCUT2D eigenvalue weighted by Crippen LogP contribution is 2.28. The second-order valence-electron chi connectivity index (χ2n) is 8.04. The molecule has 4 rings (SSSR count). The highest BCUT2D eigenvalue weighted by molar-refractivity contribution is 5.76. The fourth-order valence-corrected chi connectivity index (χ4v) is 3.64. The Morgan fingerprint density at radius 3 is 2.24 bits per heavy atom. The number of benzene rings is 3. The number of hydrogen-bond acceptors (Lipinski definition) is 3. The summed E-state index contributed by atoms with van der Waals surface area (Å²) in [6.07, 6.45) is -4.67. The third kappa shape index (κ3) is 7.12. The molecular weight excluding hydrogens is 500 g/mol. The van der Waals surface area contributed by atoms with E-state index >= 15 is 0 Å². The van der Waals surface area contributed by atoms with Crippen LogP contribution in [0.25, 0.3) is 16.9 Å². The lowest BCUT2D eigenvalue weighted by Gasteiger charge is -2.11. The van der Waals surface area contributed by atoms with Crippen molar-refractivity contribution in [1.82, 2.24) is 15.1 Å². The molecule has 5 nitrogen and oxygen atoms in total. The predicted molar refractivity (Wildman–Crippen MR) is 122 cm³/mol. The number of ether oxygens (including phenoxy) is 1. The van der Waals surface area contributed by atoms with Crippen molar-refractivity contribution >= 4 is 5.91 Å².